The number of nitrogens with zero attached hydrogens (tertiary/aromatic N) is 2. The lowest BCUT2D eigenvalue weighted by Crippen LogP contribution is -2.34. The van der Waals surface area contributed by atoms with Crippen molar-refractivity contribution >= 4 is 11.3 Å². The monoisotopic (exact) mass is 279 g/mol. The first-order valence-corrected chi connectivity index (χ1v) is 8.32. The zero-order valence-corrected chi connectivity index (χ0v) is 13.1. The zero-order chi connectivity index (χ0) is 13.5. The van der Waals surface area contributed by atoms with Crippen LogP contribution in [0.1, 0.15) is 50.7 Å². The van der Waals surface area contributed by atoms with E-state index in [1.165, 1.54) is 43.1 Å². The van der Waals surface area contributed by atoms with Crippen molar-refractivity contribution < 1.29 is 0 Å². The van der Waals surface area contributed by atoms with Crippen LogP contribution in [0.2, 0.25) is 0 Å². The molecule has 2 fully saturated rings. The molecule has 2 aliphatic rings. The predicted molar refractivity (Wildman–Crippen MR) is 80.7 cm³/mol. The second-order valence-corrected chi connectivity index (χ2v) is 7.98. The molecule has 0 aromatic carbocycles. The number of thiazole rings is 1. The Kier molecular flexibility index (Phi) is 3.67. The van der Waals surface area contributed by atoms with E-state index >= 15 is 0 Å². The molecule has 2 aliphatic heterocycles. The SMILES string of the molecule is CC(C)(C)c1csc(CN2CCC3CCC(C2)N3)n1. The van der Waals surface area contributed by atoms with E-state index in [9.17, 15) is 0 Å². The number of aromatic nitrogens is 1. The van der Waals surface area contributed by atoms with E-state index in [0.29, 0.717) is 0 Å². The van der Waals surface area contributed by atoms with Gasteiger partial charge in [0.2, 0.25) is 0 Å². The minimum Gasteiger partial charge on any atom is -0.310 e. The summed E-state index contributed by atoms with van der Waals surface area (Å²) in [6.45, 7) is 10.2. The van der Waals surface area contributed by atoms with Crippen molar-refractivity contribution in [2.75, 3.05) is 13.1 Å². The number of fused-ring (bicyclic) bond motifs is 2. The van der Waals surface area contributed by atoms with Crippen molar-refractivity contribution in [3.8, 4) is 0 Å². The van der Waals surface area contributed by atoms with Crippen molar-refractivity contribution in [2.24, 2.45) is 0 Å². The summed E-state index contributed by atoms with van der Waals surface area (Å²) in [5, 5.41) is 7.25. The van der Waals surface area contributed by atoms with Gasteiger partial charge < -0.3 is 5.32 Å². The van der Waals surface area contributed by atoms with Gasteiger partial charge in [-0.25, -0.2) is 4.98 Å². The maximum absolute atomic E-state index is 4.82. The Morgan fingerprint density at radius 2 is 2.11 bits per heavy atom. The molecule has 1 N–H and O–H groups in total. The molecule has 0 spiro atoms. The average molecular weight is 279 g/mol. The van der Waals surface area contributed by atoms with Gasteiger partial charge in [0.05, 0.1) is 12.2 Å². The van der Waals surface area contributed by atoms with E-state index in [4.69, 9.17) is 4.98 Å². The Morgan fingerprint density at radius 3 is 2.84 bits per heavy atom. The molecule has 0 saturated carbocycles. The summed E-state index contributed by atoms with van der Waals surface area (Å²) in [6.07, 6.45) is 4.03. The van der Waals surface area contributed by atoms with Crippen molar-refractivity contribution in [1.29, 1.82) is 0 Å². The lowest BCUT2D eigenvalue weighted by Gasteiger charge is -2.22. The summed E-state index contributed by atoms with van der Waals surface area (Å²) in [6, 6.07) is 1.49. The van der Waals surface area contributed by atoms with Crippen LogP contribution in [0.5, 0.6) is 0 Å². The second-order valence-electron chi connectivity index (χ2n) is 7.04. The van der Waals surface area contributed by atoms with Crippen LogP contribution in [0.15, 0.2) is 5.38 Å². The molecule has 3 heterocycles. The van der Waals surface area contributed by atoms with Crippen LogP contribution < -0.4 is 5.32 Å². The highest BCUT2D eigenvalue weighted by molar-refractivity contribution is 7.09. The van der Waals surface area contributed by atoms with Crippen molar-refractivity contribution in [1.82, 2.24) is 15.2 Å². The normalized spacial score (nSPS) is 28.6. The van der Waals surface area contributed by atoms with Gasteiger partial charge in [-0.3, -0.25) is 4.90 Å². The number of likely N-dealkylation sites (tertiary alicyclic amines) is 1. The minimum atomic E-state index is 0.175. The van der Waals surface area contributed by atoms with E-state index < -0.39 is 0 Å². The highest BCUT2D eigenvalue weighted by Crippen LogP contribution is 2.26. The third-order valence-corrected chi connectivity index (χ3v) is 5.12. The molecule has 19 heavy (non-hydrogen) atoms. The third kappa shape index (κ3) is 3.18. The van der Waals surface area contributed by atoms with Crippen molar-refractivity contribution in [2.45, 2.75) is 64.1 Å². The second kappa shape index (κ2) is 5.15. The van der Waals surface area contributed by atoms with Crippen LogP contribution in [0.4, 0.5) is 0 Å². The van der Waals surface area contributed by atoms with E-state index in [-0.39, 0.29) is 5.41 Å². The number of hydrogen-bond donors (Lipinski definition) is 1. The van der Waals surface area contributed by atoms with Crippen molar-refractivity contribution in [3.05, 3.63) is 16.1 Å². The van der Waals surface area contributed by atoms with Gasteiger partial charge in [0.25, 0.3) is 0 Å². The summed E-state index contributed by atoms with van der Waals surface area (Å²) in [7, 11) is 0. The maximum Gasteiger partial charge on any atom is 0.107 e. The summed E-state index contributed by atoms with van der Waals surface area (Å²) < 4.78 is 0. The molecule has 106 valence electrons. The molecule has 3 nitrogen and oxygen atoms in total. The maximum atomic E-state index is 4.82. The van der Waals surface area contributed by atoms with Crippen LogP contribution in [-0.4, -0.2) is 35.1 Å². The average Bonchev–Trinajstić information content (AvgIpc) is 2.88. The lowest BCUT2D eigenvalue weighted by atomic mass is 9.93. The Balaban J connectivity index is 1.63. The molecule has 2 atom stereocenters. The number of hydrogen-bond acceptors (Lipinski definition) is 4. The summed E-state index contributed by atoms with van der Waals surface area (Å²) >= 11 is 1.82. The molecule has 0 amide bonds. The van der Waals surface area contributed by atoms with Crippen LogP contribution in [0.3, 0.4) is 0 Å². The Labute approximate surface area is 120 Å². The fourth-order valence-corrected chi connectivity index (χ4v) is 4.14. The molecule has 3 rings (SSSR count). The molecular formula is C15H25N3S. The van der Waals surface area contributed by atoms with Gasteiger partial charge in [-0.15, -0.1) is 11.3 Å². The highest BCUT2D eigenvalue weighted by atomic mass is 32.1. The fraction of sp³-hybridized carbons (Fsp3) is 0.800. The zero-order valence-electron chi connectivity index (χ0n) is 12.3. The van der Waals surface area contributed by atoms with Gasteiger partial charge in [-0.1, -0.05) is 20.8 Å². The van der Waals surface area contributed by atoms with Gasteiger partial charge in [-0.05, 0) is 19.3 Å². The number of rotatable bonds is 2. The van der Waals surface area contributed by atoms with E-state index in [1.807, 2.05) is 11.3 Å². The Morgan fingerprint density at radius 1 is 1.32 bits per heavy atom. The fourth-order valence-electron chi connectivity index (χ4n) is 3.08. The minimum absolute atomic E-state index is 0.175. The first-order chi connectivity index (χ1) is 9.00. The Hall–Kier alpha value is -0.450. The molecule has 0 radical (unpaired) electrons. The van der Waals surface area contributed by atoms with Gasteiger partial charge in [0.15, 0.2) is 0 Å². The van der Waals surface area contributed by atoms with Gasteiger partial charge in [0, 0.05) is 36.0 Å². The molecule has 2 bridgehead atoms. The quantitative estimate of drug-likeness (QED) is 0.902. The lowest BCUT2D eigenvalue weighted by molar-refractivity contribution is 0.250. The largest absolute Gasteiger partial charge is 0.310 e. The standard InChI is InChI=1S/C15H25N3S/c1-15(2,3)13-10-19-14(17-13)9-18-7-6-11-4-5-12(8-18)16-11/h10-12,16H,4-9H2,1-3H3. The molecule has 2 saturated heterocycles. The number of nitrogens with one attached hydrogen (secondary N) is 1. The molecule has 0 aliphatic carbocycles. The van der Waals surface area contributed by atoms with Crippen LogP contribution in [-0.2, 0) is 12.0 Å². The smallest absolute Gasteiger partial charge is 0.107 e. The molecule has 1 aromatic heterocycles. The molecule has 4 heteroatoms. The Bertz CT molecular complexity index is 435. The van der Waals surface area contributed by atoms with Crippen LogP contribution >= 0.6 is 11.3 Å². The molecular weight excluding hydrogens is 254 g/mol. The molecule has 1 aromatic rings. The van der Waals surface area contributed by atoms with Gasteiger partial charge >= 0.3 is 0 Å². The predicted octanol–water partition coefficient (Wildman–Crippen LogP) is 2.77. The molecule has 2 unspecified atom stereocenters. The summed E-state index contributed by atoms with van der Waals surface area (Å²) in [5.74, 6) is 0. The first-order valence-electron chi connectivity index (χ1n) is 7.44. The summed E-state index contributed by atoms with van der Waals surface area (Å²) in [4.78, 5) is 7.41. The highest BCUT2D eigenvalue weighted by Gasteiger charge is 2.29. The third-order valence-electron chi connectivity index (χ3n) is 4.29. The van der Waals surface area contributed by atoms with Crippen LogP contribution in [0.25, 0.3) is 0 Å². The summed E-state index contributed by atoms with van der Waals surface area (Å²) in [5.41, 5.74) is 1.41. The van der Waals surface area contributed by atoms with Crippen LogP contribution in [0, 0.1) is 0 Å². The van der Waals surface area contributed by atoms with Crippen molar-refractivity contribution in [3.63, 3.8) is 0 Å². The van der Waals surface area contributed by atoms with Gasteiger partial charge in [0.1, 0.15) is 5.01 Å². The van der Waals surface area contributed by atoms with E-state index in [0.717, 1.165) is 18.6 Å². The van der Waals surface area contributed by atoms with Gasteiger partial charge in [-0.2, -0.15) is 0 Å². The topological polar surface area (TPSA) is 28.2 Å². The van der Waals surface area contributed by atoms with E-state index in [2.05, 4.69) is 36.4 Å². The first kappa shape index (κ1) is 13.5. The van der Waals surface area contributed by atoms with E-state index in [1.54, 1.807) is 0 Å².